The summed E-state index contributed by atoms with van der Waals surface area (Å²) in [6.07, 6.45) is 0. The molecule has 2 aliphatic heterocycles. The minimum atomic E-state index is -0.980. The molecule has 2 aromatic rings. The lowest BCUT2D eigenvalue weighted by molar-refractivity contribution is -0.135. The number of nitrogens with zero attached hydrogens (tertiary/aromatic N) is 3. The lowest BCUT2D eigenvalue weighted by atomic mass is 10.2. The van der Waals surface area contributed by atoms with Gasteiger partial charge in [0.15, 0.2) is 0 Å². The number of hydrazone groups is 1. The van der Waals surface area contributed by atoms with Gasteiger partial charge in [-0.1, -0.05) is 42.1 Å². The highest BCUT2D eigenvalue weighted by molar-refractivity contribution is 8.29. The number of hydrogen-bond acceptors (Lipinski definition) is 9. The standard InChI is InChI=1S/C22H21N3O4S2/c1-14-9-8-12-17(13-14)25-22(31-19(23-25)21(27)29-4)24(16-10-6-5-7-11-16)15(2)18(30-22)20(26)28-3/h5-13H,1-4H3/t22-/m1/s1. The van der Waals surface area contributed by atoms with Crippen molar-refractivity contribution in [2.75, 3.05) is 24.1 Å². The molecule has 0 radical (unpaired) electrons. The fraction of sp³-hybridized carbons (Fsp3) is 0.227. The van der Waals surface area contributed by atoms with E-state index in [1.165, 1.54) is 37.7 Å². The summed E-state index contributed by atoms with van der Waals surface area (Å²) in [5, 5.41) is 6.61. The molecule has 9 heteroatoms. The van der Waals surface area contributed by atoms with Crippen LogP contribution in [0.15, 0.2) is 70.3 Å². The van der Waals surface area contributed by atoms with Crippen LogP contribution in [-0.4, -0.2) is 35.5 Å². The number of methoxy groups -OCH3 is 2. The Labute approximate surface area is 189 Å². The molecule has 0 N–H and O–H groups in total. The first-order valence-corrected chi connectivity index (χ1v) is 11.1. The highest BCUT2D eigenvalue weighted by Gasteiger charge is 2.58. The molecule has 0 aliphatic carbocycles. The van der Waals surface area contributed by atoms with Crippen molar-refractivity contribution >= 4 is 51.9 Å². The normalized spacial score (nSPS) is 20.3. The number of anilines is 2. The van der Waals surface area contributed by atoms with E-state index in [4.69, 9.17) is 9.47 Å². The van der Waals surface area contributed by atoms with E-state index in [0.717, 1.165) is 22.6 Å². The Bertz CT molecular complexity index is 1100. The maximum absolute atomic E-state index is 12.6. The zero-order valence-electron chi connectivity index (χ0n) is 17.5. The topological polar surface area (TPSA) is 71.4 Å². The average molecular weight is 456 g/mol. The Morgan fingerprint density at radius 2 is 1.58 bits per heavy atom. The second-order valence-electron chi connectivity index (χ2n) is 6.88. The van der Waals surface area contributed by atoms with Gasteiger partial charge < -0.3 is 14.4 Å². The van der Waals surface area contributed by atoms with E-state index in [1.807, 2.05) is 73.3 Å². The highest BCUT2D eigenvalue weighted by atomic mass is 32.2. The van der Waals surface area contributed by atoms with Crippen LogP contribution < -0.4 is 9.91 Å². The lowest BCUT2D eigenvalue weighted by Gasteiger charge is -2.41. The monoisotopic (exact) mass is 455 g/mol. The molecule has 0 saturated carbocycles. The predicted octanol–water partition coefficient (Wildman–Crippen LogP) is 4.30. The number of esters is 2. The van der Waals surface area contributed by atoms with Crippen LogP contribution in [0.2, 0.25) is 0 Å². The fourth-order valence-corrected chi connectivity index (χ4v) is 6.48. The van der Waals surface area contributed by atoms with Crippen LogP contribution in [0, 0.1) is 6.92 Å². The third-order valence-corrected chi connectivity index (χ3v) is 7.71. The van der Waals surface area contributed by atoms with Crippen molar-refractivity contribution < 1.29 is 19.1 Å². The molecule has 0 unspecified atom stereocenters. The van der Waals surface area contributed by atoms with Gasteiger partial charge in [-0.2, -0.15) is 5.10 Å². The molecule has 2 aliphatic rings. The first-order chi connectivity index (χ1) is 14.9. The van der Waals surface area contributed by atoms with E-state index < -0.39 is 16.3 Å². The molecule has 7 nitrogen and oxygen atoms in total. The maximum Gasteiger partial charge on any atom is 0.365 e. The number of aryl methyl sites for hydroxylation is 1. The number of rotatable bonds is 4. The molecule has 0 bridgehead atoms. The van der Waals surface area contributed by atoms with Crippen molar-refractivity contribution in [2.24, 2.45) is 5.10 Å². The summed E-state index contributed by atoms with van der Waals surface area (Å²) in [5.41, 5.74) is 3.41. The van der Waals surface area contributed by atoms with Crippen LogP contribution in [0.25, 0.3) is 0 Å². The molecule has 31 heavy (non-hydrogen) atoms. The quantitative estimate of drug-likeness (QED) is 0.632. The first-order valence-electron chi connectivity index (χ1n) is 9.47. The number of hydrogen-bond donors (Lipinski definition) is 0. The minimum Gasteiger partial charge on any atom is -0.465 e. The van der Waals surface area contributed by atoms with E-state index in [0.29, 0.717) is 4.91 Å². The van der Waals surface area contributed by atoms with Gasteiger partial charge in [0.25, 0.3) is 0 Å². The Morgan fingerprint density at radius 1 is 0.903 bits per heavy atom. The predicted molar refractivity (Wildman–Crippen MR) is 125 cm³/mol. The number of thioether (sulfide) groups is 2. The zero-order valence-corrected chi connectivity index (χ0v) is 19.1. The van der Waals surface area contributed by atoms with Crippen LogP contribution in [0.4, 0.5) is 11.4 Å². The van der Waals surface area contributed by atoms with Crippen LogP contribution in [0.1, 0.15) is 12.5 Å². The fourth-order valence-electron chi connectivity index (χ4n) is 3.48. The summed E-state index contributed by atoms with van der Waals surface area (Å²) < 4.78 is 9.02. The molecule has 0 aromatic heterocycles. The summed E-state index contributed by atoms with van der Waals surface area (Å²) >= 11 is 2.54. The molecule has 160 valence electrons. The van der Waals surface area contributed by atoms with E-state index in [1.54, 1.807) is 5.01 Å². The smallest absolute Gasteiger partial charge is 0.365 e. The largest absolute Gasteiger partial charge is 0.465 e. The van der Waals surface area contributed by atoms with E-state index in [9.17, 15) is 9.59 Å². The maximum atomic E-state index is 12.6. The second-order valence-corrected chi connectivity index (χ2v) is 9.48. The van der Waals surface area contributed by atoms with Crippen LogP contribution >= 0.6 is 23.5 Å². The summed E-state index contributed by atoms with van der Waals surface area (Å²) in [7, 11) is 2.69. The zero-order chi connectivity index (χ0) is 22.2. The molecule has 0 fully saturated rings. The molecule has 0 amide bonds. The molecule has 0 saturated heterocycles. The van der Waals surface area contributed by atoms with Gasteiger partial charge in [0, 0.05) is 11.4 Å². The van der Waals surface area contributed by atoms with Gasteiger partial charge in [-0.25, -0.2) is 14.6 Å². The van der Waals surface area contributed by atoms with Gasteiger partial charge in [-0.3, -0.25) is 0 Å². The van der Waals surface area contributed by atoms with Gasteiger partial charge >= 0.3 is 11.9 Å². The number of allylic oxidation sites excluding steroid dienone is 1. The van der Waals surface area contributed by atoms with Crippen molar-refractivity contribution in [3.05, 3.63) is 70.8 Å². The Morgan fingerprint density at radius 3 is 2.23 bits per heavy atom. The summed E-state index contributed by atoms with van der Waals surface area (Å²) in [4.78, 5) is 27.6. The number of para-hydroxylation sites is 1. The molecule has 4 rings (SSSR count). The number of benzene rings is 2. The van der Waals surface area contributed by atoms with Crippen LogP contribution in [-0.2, 0) is 19.1 Å². The Balaban J connectivity index is 1.92. The first kappa shape index (κ1) is 21.3. The van der Waals surface area contributed by atoms with Crippen molar-refractivity contribution in [1.29, 1.82) is 0 Å². The Kier molecular flexibility index (Phi) is 5.72. The lowest BCUT2D eigenvalue weighted by Crippen LogP contribution is -2.49. The van der Waals surface area contributed by atoms with Crippen LogP contribution in [0.3, 0.4) is 0 Å². The van der Waals surface area contributed by atoms with Gasteiger partial charge in [0.2, 0.25) is 9.37 Å². The van der Waals surface area contributed by atoms with Gasteiger partial charge in [-0.05, 0) is 55.4 Å². The van der Waals surface area contributed by atoms with Gasteiger partial charge in [-0.15, -0.1) is 0 Å². The third-order valence-electron chi connectivity index (χ3n) is 4.86. The summed E-state index contributed by atoms with van der Waals surface area (Å²) in [6.45, 7) is 3.86. The van der Waals surface area contributed by atoms with Gasteiger partial charge in [0.1, 0.15) is 4.91 Å². The summed E-state index contributed by atoms with van der Waals surface area (Å²) in [6, 6.07) is 17.5. The van der Waals surface area contributed by atoms with Crippen LogP contribution in [0.5, 0.6) is 0 Å². The molecule has 1 atom stereocenters. The molecule has 2 aromatic carbocycles. The molecule has 2 heterocycles. The minimum absolute atomic E-state index is 0.205. The highest BCUT2D eigenvalue weighted by Crippen LogP contribution is 2.60. The Hall–Kier alpha value is -2.91. The van der Waals surface area contributed by atoms with Crippen molar-refractivity contribution in [2.45, 2.75) is 18.2 Å². The van der Waals surface area contributed by atoms with E-state index in [-0.39, 0.29) is 5.04 Å². The average Bonchev–Trinajstić information content (AvgIpc) is 3.31. The van der Waals surface area contributed by atoms with Gasteiger partial charge in [0.05, 0.1) is 19.9 Å². The molecule has 1 spiro atoms. The number of ether oxygens (including phenoxy) is 2. The van der Waals surface area contributed by atoms with Crippen molar-refractivity contribution in [3.63, 3.8) is 0 Å². The van der Waals surface area contributed by atoms with Crippen molar-refractivity contribution in [3.8, 4) is 0 Å². The number of carbonyl (C=O) groups is 2. The third kappa shape index (κ3) is 3.57. The van der Waals surface area contributed by atoms with Crippen molar-refractivity contribution in [1.82, 2.24) is 0 Å². The number of carbonyl (C=O) groups excluding carboxylic acids is 2. The molecular formula is C22H21N3O4S2. The SMILES string of the molecule is COC(=O)C1=NN(c2cccc(C)c2)[C@@]2(S1)SC(C(=O)OC)=C(C)N2c1ccccc1. The van der Waals surface area contributed by atoms with E-state index in [2.05, 4.69) is 5.10 Å². The summed E-state index contributed by atoms with van der Waals surface area (Å²) in [5.74, 6) is -0.964. The molecular weight excluding hydrogens is 434 g/mol. The second kappa shape index (κ2) is 8.32. The van der Waals surface area contributed by atoms with E-state index >= 15 is 0 Å².